The Balaban J connectivity index is 0.000000177. The van der Waals surface area contributed by atoms with Crippen molar-refractivity contribution in [2.45, 2.75) is 31.4 Å². The fraction of sp³-hybridized carbons (Fsp3) is 0.480. The molecule has 0 radical (unpaired) electrons. The van der Waals surface area contributed by atoms with E-state index >= 15 is 0 Å². The molecule has 1 amide bonds. The maximum absolute atomic E-state index is 11.8. The molecule has 2 aliphatic heterocycles. The highest BCUT2D eigenvalue weighted by Gasteiger charge is 2.24. The number of aliphatic hydroxyl groups is 1. The van der Waals surface area contributed by atoms with Crippen molar-refractivity contribution in [3.63, 3.8) is 0 Å². The average molecular weight is 410 g/mol. The molecule has 0 aromatic heterocycles. The molecular formula is C25H35N3O2. The zero-order chi connectivity index (χ0) is 21.3. The van der Waals surface area contributed by atoms with E-state index in [0.29, 0.717) is 6.04 Å². The second-order valence-corrected chi connectivity index (χ2v) is 8.46. The third kappa shape index (κ3) is 6.39. The highest BCUT2D eigenvalue weighted by Crippen LogP contribution is 2.21. The van der Waals surface area contributed by atoms with Gasteiger partial charge in [0.25, 0.3) is 5.91 Å². The summed E-state index contributed by atoms with van der Waals surface area (Å²) in [6.45, 7) is 4.67. The Morgan fingerprint density at radius 2 is 1.60 bits per heavy atom. The normalized spacial score (nSPS) is 20.1. The van der Waals surface area contributed by atoms with Crippen molar-refractivity contribution in [1.29, 1.82) is 0 Å². The van der Waals surface area contributed by atoms with Crippen LogP contribution in [0, 0.1) is 0 Å². The maximum atomic E-state index is 11.8. The van der Waals surface area contributed by atoms with Gasteiger partial charge in [-0.05, 0) is 51.1 Å². The largest absolute Gasteiger partial charge is 0.392 e. The van der Waals surface area contributed by atoms with E-state index in [-0.39, 0.29) is 12.0 Å². The van der Waals surface area contributed by atoms with E-state index < -0.39 is 0 Å². The molecule has 0 saturated carbocycles. The summed E-state index contributed by atoms with van der Waals surface area (Å²) in [6, 6.07) is 20.5. The Hall–Kier alpha value is -2.21. The van der Waals surface area contributed by atoms with Crippen LogP contribution in [0.2, 0.25) is 0 Å². The molecule has 2 aliphatic rings. The lowest BCUT2D eigenvalue weighted by Gasteiger charge is -2.29. The van der Waals surface area contributed by atoms with Crippen LogP contribution in [0.4, 0.5) is 0 Å². The summed E-state index contributed by atoms with van der Waals surface area (Å²) in [6.07, 6.45) is 3.08. The number of likely N-dealkylation sites (tertiary alicyclic amines) is 2. The molecule has 2 heterocycles. The number of rotatable bonds is 5. The Bertz CT molecular complexity index is 760. The van der Waals surface area contributed by atoms with Crippen LogP contribution in [-0.4, -0.2) is 78.6 Å². The molecule has 162 valence electrons. The van der Waals surface area contributed by atoms with E-state index in [0.717, 1.165) is 57.5 Å². The van der Waals surface area contributed by atoms with Crippen molar-refractivity contribution in [1.82, 2.24) is 14.7 Å². The molecular weight excluding hydrogens is 374 g/mol. The van der Waals surface area contributed by atoms with Gasteiger partial charge in [0, 0.05) is 44.3 Å². The number of nitrogens with zero attached hydrogens (tertiary/aromatic N) is 3. The summed E-state index contributed by atoms with van der Waals surface area (Å²) in [5, 5.41) is 9.57. The zero-order valence-electron chi connectivity index (χ0n) is 18.3. The summed E-state index contributed by atoms with van der Waals surface area (Å²) >= 11 is 0. The predicted octanol–water partition coefficient (Wildman–Crippen LogP) is 3.28. The molecule has 0 aliphatic carbocycles. The maximum Gasteiger partial charge on any atom is 0.253 e. The van der Waals surface area contributed by atoms with E-state index in [2.05, 4.69) is 54.2 Å². The minimum atomic E-state index is -0.131. The molecule has 1 N–H and O–H groups in total. The van der Waals surface area contributed by atoms with Crippen molar-refractivity contribution in [2.75, 3.05) is 46.8 Å². The number of carbonyl (C=O) groups excluding carboxylic acids is 1. The number of hydrogen-bond acceptors (Lipinski definition) is 4. The third-order valence-electron chi connectivity index (χ3n) is 5.90. The quantitative estimate of drug-likeness (QED) is 0.823. The highest BCUT2D eigenvalue weighted by molar-refractivity contribution is 5.94. The molecule has 0 bridgehead atoms. The van der Waals surface area contributed by atoms with Gasteiger partial charge in [-0.3, -0.25) is 9.69 Å². The number of carbonyl (C=O) groups is 1. The first kappa shape index (κ1) is 22.5. The van der Waals surface area contributed by atoms with Crippen molar-refractivity contribution >= 4 is 5.91 Å². The minimum absolute atomic E-state index is 0.131. The van der Waals surface area contributed by atoms with Crippen LogP contribution < -0.4 is 0 Å². The number of amides is 1. The fourth-order valence-corrected chi connectivity index (χ4v) is 4.15. The second kappa shape index (κ2) is 11.3. The second-order valence-electron chi connectivity index (χ2n) is 8.46. The van der Waals surface area contributed by atoms with Gasteiger partial charge in [-0.2, -0.15) is 0 Å². The molecule has 2 aromatic carbocycles. The van der Waals surface area contributed by atoms with Gasteiger partial charge in [0.2, 0.25) is 0 Å². The van der Waals surface area contributed by atoms with Crippen LogP contribution in [0.1, 0.15) is 41.2 Å². The Labute approximate surface area is 180 Å². The van der Waals surface area contributed by atoms with Crippen LogP contribution >= 0.6 is 0 Å². The van der Waals surface area contributed by atoms with Gasteiger partial charge in [0.15, 0.2) is 0 Å². The molecule has 0 spiro atoms. The van der Waals surface area contributed by atoms with E-state index in [1.165, 1.54) is 5.56 Å². The molecule has 30 heavy (non-hydrogen) atoms. The van der Waals surface area contributed by atoms with E-state index in [1.807, 2.05) is 35.2 Å². The SMILES string of the molecule is CN(C)[C@H](CN1CC[C@H](O)C1)c1ccccc1.O=C(c1ccccc1)N1CCCC1. The van der Waals surface area contributed by atoms with Gasteiger partial charge in [0.05, 0.1) is 6.10 Å². The number of likely N-dealkylation sites (N-methyl/N-ethyl adjacent to an activating group) is 1. The molecule has 2 atom stereocenters. The predicted molar refractivity (Wildman–Crippen MR) is 122 cm³/mol. The summed E-state index contributed by atoms with van der Waals surface area (Å²) in [5.74, 6) is 0.179. The van der Waals surface area contributed by atoms with Crippen molar-refractivity contribution in [3.8, 4) is 0 Å². The molecule has 4 rings (SSSR count). The van der Waals surface area contributed by atoms with Crippen LogP contribution in [0.15, 0.2) is 60.7 Å². The zero-order valence-corrected chi connectivity index (χ0v) is 18.3. The monoisotopic (exact) mass is 409 g/mol. The number of aliphatic hydroxyl groups excluding tert-OH is 1. The smallest absolute Gasteiger partial charge is 0.253 e. The van der Waals surface area contributed by atoms with Crippen molar-refractivity contribution < 1.29 is 9.90 Å². The van der Waals surface area contributed by atoms with Gasteiger partial charge in [-0.25, -0.2) is 0 Å². The number of hydrogen-bond donors (Lipinski definition) is 1. The van der Waals surface area contributed by atoms with Gasteiger partial charge >= 0.3 is 0 Å². The molecule has 5 nitrogen and oxygen atoms in total. The molecule has 0 unspecified atom stereocenters. The third-order valence-corrected chi connectivity index (χ3v) is 5.90. The van der Waals surface area contributed by atoms with Crippen molar-refractivity contribution in [3.05, 3.63) is 71.8 Å². The number of benzene rings is 2. The van der Waals surface area contributed by atoms with E-state index in [9.17, 15) is 9.90 Å². The molecule has 5 heteroatoms. The summed E-state index contributed by atoms with van der Waals surface area (Å²) in [7, 11) is 4.23. The summed E-state index contributed by atoms with van der Waals surface area (Å²) in [4.78, 5) is 18.3. The molecule has 2 fully saturated rings. The van der Waals surface area contributed by atoms with Crippen molar-refractivity contribution in [2.24, 2.45) is 0 Å². The Kier molecular flexibility index (Phi) is 8.43. The molecule has 2 aromatic rings. The van der Waals surface area contributed by atoms with Crippen LogP contribution in [0.3, 0.4) is 0 Å². The fourth-order valence-electron chi connectivity index (χ4n) is 4.15. The first-order chi connectivity index (χ1) is 14.5. The van der Waals surface area contributed by atoms with Crippen LogP contribution in [0.25, 0.3) is 0 Å². The number of β-amino-alcohol motifs (C(OH)–C–C–N with tert-alkyl or cyclic N) is 1. The standard InChI is InChI=1S/C14H22N2O.C11H13NO/c1-15(2)14(12-6-4-3-5-7-12)11-16-9-8-13(17)10-16;13-11(12-8-4-5-9-12)10-6-2-1-3-7-10/h3-7,13-14,17H,8-11H2,1-2H3;1-3,6-7H,4-5,8-9H2/t13-,14+;/m0./s1. The summed E-state index contributed by atoms with van der Waals surface area (Å²) in [5.41, 5.74) is 2.16. The lowest BCUT2D eigenvalue weighted by molar-refractivity contribution is 0.0793. The summed E-state index contributed by atoms with van der Waals surface area (Å²) < 4.78 is 0. The average Bonchev–Trinajstić information content (AvgIpc) is 3.45. The lowest BCUT2D eigenvalue weighted by atomic mass is 10.1. The van der Waals surface area contributed by atoms with Crippen LogP contribution in [-0.2, 0) is 0 Å². The van der Waals surface area contributed by atoms with Gasteiger partial charge in [-0.15, -0.1) is 0 Å². The Morgan fingerprint density at radius 1 is 1.00 bits per heavy atom. The first-order valence-corrected chi connectivity index (χ1v) is 11.0. The first-order valence-electron chi connectivity index (χ1n) is 11.0. The van der Waals surface area contributed by atoms with Gasteiger partial charge < -0.3 is 14.9 Å². The minimum Gasteiger partial charge on any atom is -0.392 e. The van der Waals surface area contributed by atoms with E-state index in [1.54, 1.807) is 0 Å². The van der Waals surface area contributed by atoms with Gasteiger partial charge in [0.1, 0.15) is 0 Å². The lowest BCUT2D eigenvalue weighted by Crippen LogP contribution is -2.34. The van der Waals surface area contributed by atoms with Gasteiger partial charge in [-0.1, -0.05) is 48.5 Å². The molecule has 2 saturated heterocycles. The highest BCUT2D eigenvalue weighted by atomic mass is 16.3. The van der Waals surface area contributed by atoms with Crippen LogP contribution in [0.5, 0.6) is 0 Å². The Morgan fingerprint density at radius 3 is 2.13 bits per heavy atom. The topological polar surface area (TPSA) is 47.0 Å². The van der Waals surface area contributed by atoms with E-state index in [4.69, 9.17) is 0 Å².